The number of benzene rings is 2. The summed E-state index contributed by atoms with van der Waals surface area (Å²) < 4.78 is 5.36. The van der Waals surface area contributed by atoms with Crippen LogP contribution < -0.4 is 59.3 Å². The molecule has 20 N–H and O–H groups in total. The normalized spacial score (nSPS) is 15.9. The standard InChI is InChI=1S/C15H12O8.2C6H14N4O2/c16-6-3-7(17)11-10(4-6)23-15(14(22)13(11)21)5-1-8(18)12(20)9(19)2-5;2*7-4(5(11)12)2-1-3-10-6(8)9/h1-4,14-20,22H;2*4H,1-3,7H2,(H,11,12)(H4,8,9,10)/t14-,15+;2*4-/m000/s1. The molecule has 3 rings (SSSR count). The third-order valence-electron chi connectivity index (χ3n) is 6.18. The molecule has 20 nitrogen and oxygen atoms in total. The minimum atomic E-state index is -1.78. The Morgan fingerprint density at radius 3 is 1.68 bits per heavy atom. The number of nitrogens with one attached hydrogen (secondary N) is 2. The maximum atomic E-state index is 12.2. The molecule has 4 atom stereocenters. The number of Topliss-reactive ketones (excluding diaryl/α,β-unsaturated/α-hetero) is 1. The zero-order valence-corrected chi connectivity index (χ0v) is 25.0. The second kappa shape index (κ2) is 18.3. The molecule has 0 bridgehead atoms. The van der Waals surface area contributed by atoms with Crippen LogP contribution in [-0.2, 0) is 9.59 Å². The quantitative estimate of drug-likeness (QED) is 0.0600. The summed E-state index contributed by atoms with van der Waals surface area (Å²) in [6.45, 7) is 1.09. The highest BCUT2D eigenvalue weighted by atomic mass is 16.5. The number of phenolic OH excluding ortho intramolecular Hbond substituents is 3. The van der Waals surface area contributed by atoms with Gasteiger partial charge in [-0.2, -0.15) is 0 Å². The SMILES string of the molecule is NC(N)=[NH+]CCC[C@H](N)C(=O)O.NC(N)=[NH+]CCC[C@H](N)C(=O)O.O=C1c2c([O-])cc(O)cc2O[C@H](c2cc(O)c([O-])c(O)c2)[C@H]1O. The van der Waals surface area contributed by atoms with E-state index in [9.17, 15) is 45.0 Å². The highest BCUT2D eigenvalue weighted by molar-refractivity contribution is 6.05. The number of carboxylic acids is 2. The van der Waals surface area contributed by atoms with Gasteiger partial charge in [-0.1, -0.05) is 5.75 Å². The molecule has 20 heteroatoms. The molecule has 0 amide bonds. The van der Waals surface area contributed by atoms with Crippen molar-refractivity contribution in [3.05, 3.63) is 35.4 Å². The summed E-state index contributed by atoms with van der Waals surface area (Å²) in [5.41, 5.74) is 30.5. The van der Waals surface area contributed by atoms with Gasteiger partial charge in [0.2, 0.25) is 0 Å². The number of aliphatic hydroxyl groups excluding tert-OH is 1. The fourth-order valence-electron chi connectivity index (χ4n) is 3.79. The predicted molar refractivity (Wildman–Crippen MR) is 159 cm³/mol. The molecule has 0 unspecified atom stereocenters. The van der Waals surface area contributed by atoms with Crippen molar-refractivity contribution < 1.29 is 70.0 Å². The number of ketones is 1. The first-order valence-corrected chi connectivity index (χ1v) is 13.7. The van der Waals surface area contributed by atoms with E-state index in [1.165, 1.54) is 0 Å². The number of aromatic hydroxyl groups is 3. The minimum Gasteiger partial charge on any atom is -0.872 e. The largest absolute Gasteiger partial charge is 0.872 e. The van der Waals surface area contributed by atoms with Crippen molar-refractivity contribution in [1.82, 2.24) is 0 Å². The molecule has 2 aromatic rings. The van der Waals surface area contributed by atoms with E-state index in [-0.39, 0.29) is 23.2 Å². The van der Waals surface area contributed by atoms with Crippen LogP contribution >= 0.6 is 0 Å². The number of guanidine groups is 2. The first kappa shape index (κ1) is 39.3. The Bertz CT molecular complexity index is 1400. The molecular weight excluding hydrogens is 628 g/mol. The van der Waals surface area contributed by atoms with Crippen LogP contribution in [0.4, 0.5) is 0 Å². The lowest BCUT2D eigenvalue weighted by molar-refractivity contribution is -0.460. The van der Waals surface area contributed by atoms with Crippen LogP contribution in [0.3, 0.4) is 0 Å². The summed E-state index contributed by atoms with van der Waals surface area (Å²) in [5.74, 6) is -6.65. The lowest BCUT2D eigenvalue weighted by atomic mass is 9.92. The molecule has 1 heterocycles. The summed E-state index contributed by atoms with van der Waals surface area (Å²) in [4.78, 5) is 38.0. The Labute approximate surface area is 267 Å². The van der Waals surface area contributed by atoms with Gasteiger partial charge in [-0.3, -0.25) is 47.3 Å². The smallest absolute Gasteiger partial charge is 0.338 e. The van der Waals surface area contributed by atoms with Crippen molar-refractivity contribution in [2.75, 3.05) is 13.1 Å². The lowest BCUT2D eigenvalue weighted by Crippen LogP contribution is -2.78. The summed E-state index contributed by atoms with van der Waals surface area (Å²) in [6.07, 6.45) is -1.06. The van der Waals surface area contributed by atoms with Crippen LogP contribution in [0.15, 0.2) is 24.3 Å². The van der Waals surface area contributed by atoms with Crippen molar-refractivity contribution in [3.8, 4) is 34.5 Å². The number of ether oxygens (including phenoxy) is 1. The third-order valence-corrected chi connectivity index (χ3v) is 6.18. The summed E-state index contributed by atoms with van der Waals surface area (Å²) in [7, 11) is 0. The first-order chi connectivity index (χ1) is 21.9. The van der Waals surface area contributed by atoms with E-state index < -0.39 is 76.3 Å². The molecule has 1 aliphatic rings. The van der Waals surface area contributed by atoms with Crippen LogP contribution in [0, 0.1) is 0 Å². The number of hydrogen-bond donors (Lipinski definition) is 14. The van der Waals surface area contributed by atoms with Crippen molar-refractivity contribution in [1.29, 1.82) is 0 Å². The molecule has 0 aliphatic carbocycles. The lowest BCUT2D eigenvalue weighted by Gasteiger charge is -2.32. The van der Waals surface area contributed by atoms with Gasteiger partial charge in [-0.25, -0.2) is 0 Å². The van der Waals surface area contributed by atoms with Crippen LogP contribution in [0.25, 0.3) is 0 Å². The van der Waals surface area contributed by atoms with E-state index in [2.05, 4.69) is 9.98 Å². The van der Waals surface area contributed by atoms with Gasteiger partial charge in [-0.05, 0) is 49.6 Å². The minimum absolute atomic E-state index is 0.0399. The van der Waals surface area contributed by atoms with Crippen LogP contribution in [0.5, 0.6) is 34.5 Å². The molecule has 2 aromatic carbocycles. The number of phenols is 3. The predicted octanol–water partition coefficient (Wildman–Crippen LogP) is -7.31. The number of aliphatic hydroxyl groups is 1. The molecule has 47 heavy (non-hydrogen) atoms. The van der Waals surface area contributed by atoms with Gasteiger partial charge in [0, 0.05) is 11.6 Å². The van der Waals surface area contributed by atoms with E-state index >= 15 is 0 Å². The molecular formula is C27H40N8O12. The maximum absolute atomic E-state index is 12.2. The Hall–Kier alpha value is -5.73. The molecule has 0 saturated heterocycles. The van der Waals surface area contributed by atoms with Crippen molar-refractivity contribution in [2.45, 2.75) is 50.0 Å². The van der Waals surface area contributed by atoms with E-state index in [1.54, 1.807) is 0 Å². The zero-order valence-electron chi connectivity index (χ0n) is 25.0. The van der Waals surface area contributed by atoms with Crippen LogP contribution in [0.2, 0.25) is 0 Å². The molecule has 260 valence electrons. The Morgan fingerprint density at radius 2 is 1.28 bits per heavy atom. The molecule has 0 radical (unpaired) electrons. The van der Waals surface area contributed by atoms with Gasteiger partial charge >= 0.3 is 23.9 Å². The maximum Gasteiger partial charge on any atom is 0.338 e. The second-order valence-corrected chi connectivity index (χ2v) is 9.99. The Balaban J connectivity index is 0.000000393. The van der Waals surface area contributed by atoms with Gasteiger partial charge in [0.05, 0.1) is 18.7 Å². The average molecular weight is 669 g/mol. The third kappa shape index (κ3) is 12.7. The second-order valence-electron chi connectivity index (χ2n) is 9.99. The number of nitrogens with two attached hydrogens (primary N) is 6. The van der Waals surface area contributed by atoms with Crippen LogP contribution in [-0.4, -0.2) is 91.6 Å². The number of carbonyl (C=O) groups excluding carboxylic acids is 1. The topological polar surface area (TPSA) is 412 Å². The number of rotatable bonds is 11. The van der Waals surface area contributed by atoms with Gasteiger partial charge in [-0.15, -0.1) is 0 Å². The fraction of sp³-hybridized carbons (Fsp3) is 0.370. The number of fused-ring (bicyclic) bond motifs is 1. The molecule has 0 aromatic heterocycles. The Morgan fingerprint density at radius 1 is 0.830 bits per heavy atom. The number of carboxylic acid groups (broad SMARTS) is 2. The highest BCUT2D eigenvalue weighted by Crippen LogP contribution is 2.43. The number of aliphatic carboxylic acids is 2. The van der Waals surface area contributed by atoms with Gasteiger partial charge in [0.25, 0.3) is 0 Å². The van der Waals surface area contributed by atoms with E-state index in [4.69, 9.17) is 49.4 Å². The number of hydrogen-bond acceptors (Lipinski definition) is 12. The molecule has 1 aliphatic heterocycles. The van der Waals surface area contributed by atoms with E-state index in [0.717, 1.165) is 24.3 Å². The van der Waals surface area contributed by atoms with Crippen molar-refractivity contribution in [2.24, 2.45) is 34.4 Å². The zero-order chi connectivity index (χ0) is 36.0. The average Bonchev–Trinajstić information content (AvgIpc) is 2.97. The summed E-state index contributed by atoms with van der Waals surface area (Å²) >= 11 is 0. The summed E-state index contributed by atoms with van der Waals surface area (Å²) in [5, 5.41) is 78.2. The van der Waals surface area contributed by atoms with Gasteiger partial charge < -0.3 is 57.1 Å². The fourth-order valence-corrected chi connectivity index (χ4v) is 3.79. The van der Waals surface area contributed by atoms with Gasteiger partial charge in [0.1, 0.15) is 35.1 Å². The van der Waals surface area contributed by atoms with Crippen molar-refractivity contribution >= 4 is 29.6 Å². The summed E-state index contributed by atoms with van der Waals surface area (Å²) in [6, 6.07) is 2.13. The van der Waals surface area contributed by atoms with Crippen molar-refractivity contribution in [3.63, 3.8) is 0 Å². The van der Waals surface area contributed by atoms with Crippen LogP contribution in [0.1, 0.15) is 47.7 Å². The Kier molecular flexibility index (Phi) is 15.3. The number of carbonyl (C=O) groups is 3. The van der Waals surface area contributed by atoms with E-state index in [0.29, 0.717) is 38.8 Å². The van der Waals surface area contributed by atoms with E-state index in [1.807, 2.05) is 0 Å². The molecule has 0 saturated carbocycles. The monoisotopic (exact) mass is 668 g/mol. The molecule has 0 spiro atoms. The van der Waals surface area contributed by atoms with Gasteiger partial charge in [0.15, 0.2) is 18.0 Å². The first-order valence-electron chi connectivity index (χ1n) is 13.7. The molecule has 0 fully saturated rings. The highest BCUT2D eigenvalue weighted by Gasteiger charge is 2.38.